The summed E-state index contributed by atoms with van der Waals surface area (Å²) in [6.07, 6.45) is -0.576. The van der Waals surface area contributed by atoms with Crippen LogP contribution in [0.1, 0.15) is 51.9 Å². The van der Waals surface area contributed by atoms with Crippen LogP contribution in [-0.4, -0.2) is 49.7 Å². The summed E-state index contributed by atoms with van der Waals surface area (Å²) < 4.78 is 5.33. The van der Waals surface area contributed by atoms with Crippen molar-refractivity contribution in [3.63, 3.8) is 0 Å². The highest BCUT2D eigenvalue weighted by atomic mass is 16.6. The molecule has 0 spiro atoms. The van der Waals surface area contributed by atoms with Crippen molar-refractivity contribution in [3.8, 4) is 0 Å². The zero-order chi connectivity index (χ0) is 20.2. The number of hydrogen-bond acceptors (Lipinski definition) is 5. The predicted molar refractivity (Wildman–Crippen MR) is 108 cm³/mol. The molecule has 1 unspecified atom stereocenters. The maximum Gasteiger partial charge on any atom is 0.408 e. The quantitative estimate of drug-likeness (QED) is 0.791. The van der Waals surface area contributed by atoms with E-state index in [-0.39, 0.29) is 5.78 Å². The smallest absolute Gasteiger partial charge is 0.408 e. The molecule has 1 heterocycles. The minimum atomic E-state index is -0.669. The highest BCUT2D eigenvalue weighted by Gasteiger charge is 2.34. The van der Waals surface area contributed by atoms with Gasteiger partial charge in [-0.1, -0.05) is 20.8 Å². The second kappa shape index (κ2) is 8.30. The van der Waals surface area contributed by atoms with Gasteiger partial charge in [-0.25, -0.2) is 4.79 Å². The summed E-state index contributed by atoms with van der Waals surface area (Å²) in [6, 6.07) is 6.97. The summed E-state index contributed by atoms with van der Waals surface area (Å²) in [4.78, 5) is 27.6. The first-order valence-corrected chi connectivity index (χ1v) is 9.57. The zero-order valence-electron chi connectivity index (χ0n) is 17.4. The number of benzene rings is 1. The summed E-state index contributed by atoms with van der Waals surface area (Å²) in [7, 11) is 0. The first-order valence-electron chi connectivity index (χ1n) is 9.57. The third-order valence-electron chi connectivity index (χ3n) is 4.42. The number of anilines is 1. The summed E-state index contributed by atoms with van der Waals surface area (Å²) in [6.45, 7) is 15.0. The molecule has 2 N–H and O–H groups in total. The number of alkyl carbamates (subject to hydrolysis) is 1. The van der Waals surface area contributed by atoms with Crippen molar-refractivity contribution in [3.05, 3.63) is 29.8 Å². The Hall–Kier alpha value is -2.08. The Morgan fingerprint density at radius 2 is 1.59 bits per heavy atom. The van der Waals surface area contributed by atoms with E-state index >= 15 is 0 Å². The van der Waals surface area contributed by atoms with Crippen molar-refractivity contribution >= 4 is 17.6 Å². The second-order valence-corrected chi connectivity index (χ2v) is 9.09. The van der Waals surface area contributed by atoms with E-state index in [4.69, 9.17) is 4.74 Å². The number of nitrogens with one attached hydrogen (secondary N) is 2. The van der Waals surface area contributed by atoms with Gasteiger partial charge in [-0.05, 0) is 50.5 Å². The molecule has 6 heteroatoms. The molecule has 1 saturated heterocycles. The Morgan fingerprint density at radius 1 is 1.04 bits per heavy atom. The summed E-state index contributed by atoms with van der Waals surface area (Å²) in [5.41, 5.74) is 0.649. The van der Waals surface area contributed by atoms with Crippen LogP contribution < -0.4 is 15.5 Å². The molecule has 1 amide bonds. The lowest BCUT2D eigenvalue weighted by molar-refractivity contribution is 0.0446. The minimum absolute atomic E-state index is 0.111. The first-order chi connectivity index (χ1) is 12.5. The topological polar surface area (TPSA) is 70.7 Å². The van der Waals surface area contributed by atoms with Crippen LogP contribution in [0.3, 0.4) is 0 Å². The van der Waals surface area contributed by atoms with E-state index in [1.165, 1.54) is 0 Å². The third kappa shape index (κ3) is 6.24. The molecule has 0 saturated carbocycles. The van der Waals surface area contributed by atoms with Crippen molar-refractivity contribution in [1.82, 2.24) is 10.6 Å². The molecule has 27 heavy (non-hydrogen) atoms. The van der Waals surface area contributed by atoms with Crippen LogP contribution in [0.25, 0.3) is 0 Å². The zero-order valence-corrected chi connectivity index (χ0v) is 17.4. The number of piperazine rings is 1. The van der Waals surface area contributed by atoms with Gasteiger partial charge in [-0.3, -0.25) is 4.79 Å². The van der Waals surface area contributed by atoms with Crippen molar-refractivity contribution in [1.29, 1.82) is 0 Å². The lowest BCUT2D eigenvalue weighted by Crippen LogP contribution is -2.50. The fourth-order valence-corrected chi connectivity index (χ4v) is 3.03. The van der Waals surface area contributed by atoms with Crippen LogP contribution in [0, 0.1) is 5.41 Å². The van der Waals surface area contributed by atoms with Gasteiger partial charge in [0, 0.05) is 37.4 Å². The average molecular weight is 376 g/mol. The number of carbonyl (C=O) groups is 2. The van der Waals surface area contributed by atoms with Crippen LogP contribution in [0.4, 0.5) is 10.5 Å². The monoisotopic (exact) mass is 375 g/mol. The summed E-state index contributed by atoms with van der Waals surface area (Å²) in [5, 5.41) is 6.09. The Bertz CT molecular complexity index is 651. The number of rotatable bonds is 4. The SMILES string of the molecule is CC(C)(C)OC(=O)NC(C(=O)c1ccc(N2CCNCC2)cc1)C(C)(C)C. The molecule has 2 rings (SSSR count). The number of Topliss-reactive ketones (excluding diaryl/α,β-unsaturated/α-hetero) is 1. The van der Waals surface area contributed by atoms with E-state index in [2.05, 4.69) is 15.5 Å². The summed E-state index contributed by atoms with van der Waals surface area (Å²) >= 11 is 0. The Kier molecular flexibility index (Phi) is 6.52. The van der Waals surface area contributed by atoms with Crippen LogP contribution in [0.2, 0.25) is 0 Å². The van der Waals surface area contributed by atoms with Crippen molar-refractivity contribution in [2.75, 3.05) is 31.1 Å². The molecule has 0 aromatic heterocycles. The number of hydrogen-bond donors (Lipinski definition) is 2. The van der Waals surface area contributed by atoms with Gasteiger partial charge >= 0.3 is 6.09 Å². The predicted octanol–water partition coefficient (Wildman–Crippen LogP) is 3.22. The van der Waals surface area contributed by atoms with E-state index < -0.39 is 23.2 Å². The second-order valence-electron chi connectivity index (χ2n) is 9.09. The normalized spacial score (nSPS) is 16.6. The molecule has 1 fully saturated rings. The Balaban J connectivity index is 2.13. The number of amides is 1. The van der Waals surface area contributed by atoms with Crippen LogP contribution in [0.5, 0.6) is 0 Å². The molecule has 0 radical (unpaired) electrons. The highest BCUT2D eigenvalue weighted by Crippen LogP contribution is 2.25. The molecule has 1 aromatic rings. The van der Waals surface area contributed by atoms with E-state index in [0.29, 0.717) is 5.56 Å². The molecule has 0 aliphatic carbocycles. The third-order valence-corrected chi connectivity index (χ3v) is 4.42. The number of nitrogens with zero attached hydrogens (tertiary/aromatic N) is 1. The number of ketones is 1. The van der Waals surface area contributed by atoms with Gasteiger partial charge in [0.1, 0.15) is 11.6 Å². The van der Waals surface area contributed by atoms with Gasteiger partial charge in [-0.2, -0.15) is 0 Å². The fraction of sp³-hybridized carbons (Fsp3) is 0.619. The van der Waals surface area contributed by atoms with Gasteiger partial charge < -0.3 is 20.3 Å². The molecule has 6 nitrogen and oxygen atoms in total. The minimum Gasteiger partial charge on any atom is -0.444 e. The molecule has 0 bridgehead atoms. The Morgan fingerprint density at radius 3 is 2.07 bits per heavy atom. The average Bonchev–Trinajstić information content (AvgIpc) is 2.57. The standard InChI is InChI=1S/C21H33N3O3/c1-20(2,3)18(23-19(26)27-21(4,5)6)17(25)15-7-9-16(10-8-15)24-13-11-22-12-14-24/h7-10,18,22H,11-14H2,1-6H3,(H,23,26). The van der Waals surface area contributed by atoms with Crippen LogP contribution in [0.15, 0.2) is 24.3 Å². The molecule has 1 atom stereocenters. The van der Waals surface area contributed by atoms with E-state index in [1.54, 1.807) is 20.8 Å². The number of ether oxygens (including phenoxy) is 1. The van der Waals surface area contributed by atoms with Gasteiger partial charge in [0.15, 0.2) is 5.78 Å². The maximum absolute atomic E-state index is 13.1. The van der Waals surface area contributed by atoms with E-state index in [0.717, 1.165) is 31.9 Å². The molecular formula is C21H33N3O3. The first kappa shape index (κ1) is 21.2. The lowest BCUT2D eigenvalue weighted by atomic mass is 9.82. The van der Waals surface area contributed by atoms with Crippen molar-refractivity contribution < 1.29 is 14.3 Å². The van der Waals surface area contributed by atoms with Crippen molar-refractivity contribution in [2.24, 2.45) is 5.41 Å². The van der Waals surface area contributed by atoms with E-state index in [1.807, 2.05) is 45.0 Å². The van der Waals surface area contributed by atoms with Crippen LogP contribution >= 0.6 is 0 Å². The molecule has 150 valence electrons. The van der Waals surface area contributed by atoms with Gasteiger partial charge in [0.05, 0.1) is 0 Å². The van der Waals surface area contributed by atoms with Gasteiger partial charge in [-0.15, -0.1) is 0 Å². The van der Waals surface area contributed by atoms with Gasteiger partial charge in [0.2, 0.25) is 0 Å². The molecular weight excluding hydrogens is 342 g/mol. The van der Waals surface area contributed by atoms with E-state index in [9.17, 15) is 9.59 Å². The molecule has 1 aromatic carbocycles. The van der Waals surface area contributed by atoms with Crippen molar-refractivity contribution in [2.45, 2.75) is 53.2 Å². The maximum atomic E-state index is 13.1. The number of carbonyl (C=O) groups excluding carboxylic acids is 2. The molecule has 1 aliphatic rings. The lowest BCUT2D eigenvalue weighted by Gasteiger charge is -2.32. The van der Waals surface area contributed by atoms with Gasteiger partial charge in [0.25, 0.3) is 0 Å². The molecule has 1 aliphatic heterocycles. The fourth-order valence-electron chi connectivity index (χ4n) is 3.03. The largest absolute Gasteiger partial charge is 0.444 e. The highest BCUT2D eigenvalue weighted by molar-refractivity contribution is 6.02. The Labute approximate surface area is 162 Å². The summed E-state index contributed by atoms with van der Waals surface area (Å²) in [5.74, 6) is -0.111. The van der Waals surface area contributed by atoms with Crippen LogP contribution in [-0.2, 0) is 4.74 Å².